The molecule has 1 aliphatic carbocycles. The van der Waals surface area contributed by atoms with E-state index in [0.717, 1.165) is 16.5 Å². The zero-order valence-electron chi connectivity index (χ0n) is 10.8. The first-order chi connectivity index (χ1) is 8.63. The Bertz CT molecular complexity index is 405. The number of hydrogen-bond donors (Lipinski definition) is 1. The molecule has 1 aliphatic rings. The number of rotatable bonds is 3. The summed E-state index contributed by atoms with van der Waals surface area (Å²) in [6, 6.07) is 5.61. The lowest BCUT2D eigenvalue weighted by Crippen LogP contribution is -2.30. The SMILES string of the molecule is CCC1CCCCC1C(N)c1cc(Cl)ccc1Cl. The minimum Gasteiger partial charge on any atom is -0.324 e. The van der Waals surface area contributed by atoms with E-state index in [1.807, 2.05) is 18.2 Å². The van der Waals surface area contributed by atoms with Gasteiger partial charge in [0.05, 0.1) is 0 Å². The molecule has 1 aromatic carbocycles. The maximum absolute atomic E-state index is 6.46. The molecule has 2 N–H and O–H groups in total. The lowest BCUT2D eigenvalue weighted by atomic mass is 9.72. The maximum atomic E-state index is 6.46. The number of benzene rings is 1. The normalized spacial score (nSPS) is 26.0. The molecule has 1 nitrogen and oxygen atoms in total. The first-order valence-electron chi connectivity index (χ1n) is 6.84. The molecule has 1 fully saturated rings. The Kier molecular flexibility index (Phi) is 4.94. The first-order valence-corrected chi connectivity index (χ1v) is 7.59. The molecule has 0 aromatic heterocycles. The van der Waals surface area contributed by atoms with Crippen molar-refractivity contribution in [2.24, 2.45) is 17.6 Å². The zero-order valence-corrected chi connectivity index (χ0v) is 12.3. The molecule has 100 valence electrons. The summed E-state index contributed by atoms with van der Waals surface area (Å²) in [5.41, 5.74) is 7.47. The number of nitrogens with two attached hydrogens (primary N) is 1. The Morgan fingerprint density at radius 3 is 2.72 bits per heavy atom. The molecule has 0 amide bonds. The molecule has 0 aliphatic heterocycles. The number of hydrogen-bond acceptors (Lipinski definition) is 1. The van der Waals surface area contributed by atoms with Gasteiger partial charge >= 0.3 is 0 Å². The lowest BCUT2D eigenvalue weighted by Gasteiger charge is -2.35. The van der Waals surface area contributed by atoms with E-state index in [1.54, 1.807) is 0 Å². The lowest BCUT2D eigenvalue weighted by molar-refractivity contribution is 0.196. The highest BCUT2D eigenvalue weighted by molar-refractivity contribution is 6.33. The Morgan fingerprint density at radius 1 is 1.28 bits per heavy atom. The van der Waals surface area contributed by atoms with E-state index in [9.17, 15) is 0 Å². The fourth-order valence-electron chi connectivity index (χ4n) is 3.22. The highest BCUT2D eigenvalue weighted by Gasteiger charge is 2.30. The molecule has 3 atom stereocenters. The van der Waals surface area contributed by atoms with Crippen LogP contribution < -0.4 is 5.73 Å². The van der Waals surface area contributed by atoms with Gasteiger partial charge in [-0.05, 0) is 42.0 Å². The molecule has 1 saturated carbocycles. The molecule has 0 heterocycles. The molecule has 1 aromatic rings. The van der Waals surface area contributed by atoms with Crippen LogP contribution in [0.5, 0.6) is 0 Å². The van der Waals surface area contributed by atoms with Crippen LogP contribution in [-0.2, 0) is 0 Å². The standard InChI is InChI=1S/C15H21Cl2N/c1-2-10-5-3-4-6-12(10)15(18)13-9-11(16)7-8-14(13)17/h7-10,12,15H,2-6,18H2,1H3. The van der Waals surface area contributed by atoms with Crippen molar-refractivity contribution in [3.63, 3.8) is 0 Å². The van der Waals surface area contributed by atoms with Crippen LogP contribution in [0.25, 0.3) is 0 Å². The van der Waals surface area contributed by atoms with Gasteiger partial charge in [0.1, 0.15) is 0 Å². The van der Waals surface area contributed by atoms with E-state index in [4.69, 9.17) is 28.9 Å². The van der Waals surface area contributed by atoms with E-state index >= 15 is 0 Å². The Hall–Kier alpha value is -0.240. The first kappa shape index (κ1) is 14.2. The smallest absolute Gasteiger partial charge is 0.0454 e. The van der Waals surface area contributed by atoms with Crippen molar-refractivity contribution < 1.29 is 0 Å². The van der Waals surface area contributed by atoms with Crippen LogP contribution in [0.4, 0.5) is 0 Å². The summed E-state index contributed by atoms with van der Waals surface area (Å²) in [5.74, 6) is 1.27. The van der Waals surface area contributed by atoms with Gasteiger partial charge in [0.25, 0.3) is 0 Å². The second-order valence-corrected chi connectivity index (χ2v) is 6.15. The fourth-order valence-corrected chi connectivity index (χ4v) is 3.64. The van der Waals surface area contributed by atoms with Crippen molar-refractivity contribution in [3.8, 4) is 0 Å². The monoisotopic (exact) mass is 285 g/mol. The van der Waals surface area contributed by atoms with E-state index in [-0.39, 0.29) is 6.04 Å². The van der Waals surface area contributed by atoms with Crippen molar-refractivity contribution >= 4 is 23.2 Å². The second kappa shape index (κ2) is 6.27. The Morgan fingerprint density at radius 2 is 2.00 bits per heavy atom. The Balaban J connectivity index is 2.23. The minimum atomic E-state index is 0.0152. The van der Waals surface area contributed by atoms with Gasteiger partial charge in [0, 0.05) is 16.1 Å². The molecule has 3 heteroatoms. The quantitative estimate of drug-likeness (QED) is 0.811. The number of halogens is 2. The van der Waals surface area contributed by atoms with Crippen LogP contribution in [-0.4, -0.2) is 0 Å². The molecule has 0 saturated heterocycles. The van der Waals surface area contributed by atoms with Gasteiger partial charge in [-0.3, -0.25) is 0 Å². The highest BCUT2D eigenvalue weighted by atomic mass is 35.5. The molecule has 0 spiro atoms. The summed E-state index contributed by atoms with van der Waals surface area (Å²) in [6.07, 6.45) is 6.34. The van der Waals surface area contributed by atoms with Crippen LogP contribution in [0.2, 0.25) is 10.0 Å². The summed E-state index contributed by atoms with van der Waals surface area (Å²) in [6.45, 7) is 2.26. The van der Waals surface area contributed by atoms with Crippen molar-refractivity contribution in [1.82, 2.24) is 0 Å². The van der Waals surface area contributed by atoms with E-state index < -0.39 is 0 Å². The van der Waals surface area contributed by atoms with Crippen LogP contribution in [0.15, 0.2) is 18.2 Å². The van der Waals surface area contributed by atoms with Crippen molar-refractivity contribution in [2.45, 2.75) is 45.1 Å². The third-order valence-corrected chi connectivity index (χ3v) is 4.85. The summed E-state index contributed by atoms with van der Waals surface area (Å²) in [5, 5.41) is 1.46. The largest absolute Gasteiger partial charge is 0.324 e. The van der Waals surface area contributed by atoms with Gasteiger partial charge in [-0.25, -0.2) is 0 Å². The van der Waals surface area contributed by atoms with Crippen LogP contribution in [0.3, 0.4) is 0 Å². The predicted octanol–water partition coefficient (Wildman–Crippen LogP) is 5.21. The summed E-state index contributed by atoms with van der Waals surface area (Å²) < 4.78 is 0. The van der Waals surface area contributed by atoms with Crippen molar-refractivity contribution in [3.05, 3.63) is 33.8 Å². The van der Waals surface area contributed by atoms with E-state index in [0.29, 0.717) is 10.9 Å². The van der Waals surface area contributed by atoms with E-state index in [2.05, 4.69) is 6.92 Å². The highest BCUT2D eigenvalue weighted by Crippen LogP contribution is 2.41. The van der Waals surface area contributed by atoms with E-state index in [1.165, 1.54) is 32.1 Å². The third-order valence-electron chi connectivity index (χ3n) is 4.27. The molecular formula is C15H21Cl2N. The van der Waals surface area contributed by atoms with Gasteiger partial charge in [-0.2, -0.15) is 0 Å². The minimum absolute atomic E-state index is 0.0152. The van der Waals surface area contributed by atoms with Gasteiger partial charge in [0.2, 0.25) is 0 Å². The van der Waals surface area contributed by atoms with Crippen molar-refractivity contribution in [1.29, 1.82) is 0 Å². The fraction of sp³-hybridized carbons (Fsp3) is 0.600. The summed E-state index contributed by atoms with van der Waals surface area (Å²) in [4.78, 5) is 0. The van der Waals surface area contributed by atoms with Crippen LogP contribution >= 0.6 is 23.2 Å². The molecule has 0 bridgehead atoms. The van der Waals surface area contributed by atoms with Gasteiger partial charge in [-0.1, -0.05) is 55.8 Å². The van der Waals surface area contributed by atoms with Gasteiger partial charge in [0.15, 0.2) is 0 Å². The average molecular weight is 286 g/mol. The van der Waals surface area contributed by atoms with Gasteiger partial charge < -0.3 is 5.73 Å². The summed E-state index contributed by atoms with van der Waals surface area (Å²) >= 11 is 12.3. The Labute approximate surface area is 120 Å². The molecule has 18 heavy (non-hydrogen) atoms. The third kappa shape index (κ3) is 3.01. The zero-order chi connectivity index (χ0) is 13.1. The predicted molar refractivity (Wildman–Crippen MR) is 79.1 cm³/mol. The average Bonchev–Trinajstić information content (AvgIpc) is 2.40. The van der Waals surface area contributed by atoms with Crippen LogP contribution in [0.1, 0.15) is 50.6 Å². The molecular weight excluding hydrogens is 265 g/mol. The molecule has 3 unspecified atom stereocenters. The van der Waals surface area contributed by atoms with Crippen LogP contribution in [0, 0.1) is 11.8 Å². The maximum Gasteiger partial charge on any atom is 0.0454 e. The molecule has 2 rings (SSSR count). The summed E-state index contributed by atoms with van der Waals surface area (Å²) in [7, 11) is 0. The molecule has 0 radical (unpaired) electrons. The van der Waals surface area contributed by atoms with Crippen molar-refractivity contribution in [2.75, 3.05) is 0 Å². The topological polar surface area (TPSA) is 26.0 Å². The van der Waals surface area contributed by atoms with Gasteiger partial charge in [-0.15, -0.1) is 0 Å². The second-order valence-electron chi connectivity index (χ2n) is 5.31.